The fourth-order valence-electron chi connectivity index (χ4n) is 3.98. The molecule has 7 heteroatoms. The monoisotopic (exact) mass is 521 g/mol. The van der Waals surface area contributed by atoms with Crippen LogP contribution in [0.1, 0.15) is 56.1 Å². The zero-order valence-corrected chi connectivity index (χ0v) is 23.4. The third-order valence-electron chi connectivity index (χ3n) is 5.92. The standard InChI is InChI=1S/C31H40FN3O3/c1-9-11-25(32)12-10-15-34-27-14-13-26(18-24(27)19-33)38-29(22(4)35-30(36)31(5,6)7)23-16-20(2)28(37-8)21(3)17-23/h9-14,16-19,22,29,33-34H,1,15H2,2-8H3,(H,35,36)/b12-10-,25-11+,33-19?/t22?,29-/m0/s1. The molecule has 38 heavy (non-hydrogen) atoms. The summed E-state index contributed by atoms with van der Waals surface area (Å²) in [5, 5.41) is 14.2. The van der Waals surface area contributed by atoms with E-state index in [2.05, 4.69) is 17.2 Å². The molecule has 0 saturated carbocycles. The highest BCUT2D eigenvalue weighted by atomic mass is 19.1. The Hall–Kier alpha value is -3.87. The second-order valence-corrected chi connectivity index (χ2v) is 10.2. The maximum Gasteiger partial charge on any atom is 0.225 e. The zero-order valence-electron chi connectivity index (χ0n) is 23.4. The molecule has 0 saturated heterocycles. The van der Waals surface area contributed by atoms with Gasteiger partial charge in [-0.05, 0) is 79.9 Å². The van der Waals surface area contributed by atoms with E-state index < -0.39 is 11.5 Å². The van der Waals surface area contributed by atoms with Gasteiger partial charge in [0.25, 0.3) is 0 Å². The molecule has 204 valence electrons. The minimum atomic E-state index is -0.552. The van der Waals surface area contributed by atoms with Crippen molar-refractivity contribution in [1.29, 1.82) is 5.41 Å². The zero-order chi connectivity index (χ0) is 28.5. The summed E-state index contributed by atoms with van der Waals surface area (Å²) in [5.74, 6) is 0.903. The van der Waals surface area contributed by atoms with Gasteiger partial charge in [0.1, 0.15) is 23.4 Å². The third kappa shape index (κ3) is 8.33. The van der Waals surface area contributed by atoms with Crippen molar-refractivity contribution in [3.8, 4) is 11.5 Å². The molecule has 0 aliphatic carbocycles. The van der Waals surface area contributed by atoms with E-state index in [0.717, 1.165) is 22.4 Å². The normalized spacial score (nSPS) is 13.5. The summed E-state index contributed by atoms with van der Waals surface area (Å²) < 4.78 is 25.5. The number of hydrogen-bond acceptors (Lipinski definition) is 5. The molecule has 2 aromatic rings. The maximum absolute atomic E-state index is 13.5. The second-order valence-electron chi connectivity index (χ2n) is 10.2. The molecule has 3 N–H and O–H groups in total. The lowest BCUT2D eigenvalue weighted by atomic mass is 9.93. The topological polar surface area (TPSA) is 83.4 Å². The van der Waals surface area contributed by atoms with Crippen molar-refractivity contribution in [3.05, 3.63) is 89.3 Å². The van der Waals surface area contributed by atoms with Crippen molar-refractivity contribution in [2.24, 2.45) is 5.41 Å². The molecule has 0 spiro atoms. The van der Waals surface area contributed by atoms with Gasteiger partial charge in [-0.1, -0.05) is 39.5 Å². The lowest BCUT2D eigenvalue weighted by Gasteiger charge is -2.30. The van der Waals surface area contributed by atoms with E-state index in [9.17, 15) is 9.18 Å². The Balaban J connectivity index is 2.36. The van der Waals surface area contributed by atoms with Gasteiger partial charge in [-0.15, -0.1) is 0 Å². The maximum atomic E-state index is 13.5. The summed E-state index contributed by atoms with van der Waals surface area (Å²) in [5.41, 5.74) is 3.62. The van der Waals surface area contributed by atoms with Gasteiger partial charge in [-0.3, -0.25) is 4.79 Å². The first-order valence-electron chi connectivity index (χ1n) is 12.6. The van der Waals surface area contributed by atoms with E-state index >= 15 is 0 Å². The second kappa shape index (κ2) is 13.6. The number of benzene rings is 2. The molecule has 0 fully saturated rings. The Bertz CT molecular complexity index is 1190. The van der Waals surface area contributed by atoms with Crippen LogP contribution in [-0.2, 0) is 4.79 Å². The number of methoxy groups -OCH3 is 1. The Kier molecular flexibility index (Phi) is 10.9. The number of rotatable bonds is 12. The largest absolute Gasteiger partial charge is 0.496 e. The smallest absolute Gasteiger partial charge is 0.225 e. The Morgan fingerprint density at radius 1 is 1.18 bits per heavy atom. The van der Waals surface area contributed by atoms with E-state index in [4.69, 9.17) is 14.9 Å². The van der Waals surface area contributed by atoms with E-state index in [0.29, 0.717) is 23.5 Å². The van der Waals surface area contributed by atoms with Crippen molar-refractivity contribution >= 4 is 17.8 Å². The minimum absolute atomic E-state index is 0.0762. The number of ether oxygens (including phenoxy) is 2. The fourth-order valence-corrected chi connectivity index (χ4v) is 3.98. The summed E-state index contributed by atoms with van der Waals surface area (Å²) in [4.78, 5) is 12.8. The first kappa shape index (κ1) is 30.4. The highest BCUT2D eigenvalue weighted by Gasteiger charge is 2.29. The van der Waals surface area contributed by atoms with Gasteiger partial charge >= 0.3 is 0 Å². The van der Waals surface area contributed by atoms with Crippen molar-refractivity contribution in [2.45, 2.75) is 53.7 Å². The van der Waals surface area contributed by atoms with Crippen LogP contribution >= 0.6 is 0 Å². The highest BCUT2D eigenvalue weighted by Crippen LogP contribution is 2.33. The van der Waals surface area contributed by atoms with Gasteiger partial charge in [0.15, 0.2) is 0 Å². The number of nitrogens with one attached hydrogen (secondary N) is 3. The van der Waals surface area contributed by atoms with Crippen molar-refractivity contribution < 1.29 is 18.7 Å². The van der Waals surface area contributed by atoms with Gasteiger partial charge in [0, 0.05) is 29.4 Å². The molecule has 2 rings (SSSR count). The van der Waals surface area contributed by atoms with Crippen LogP contribution in [0, 0.1) is 24.7 Å². The van der Waals surface area contributed by atoms with Crippen molar-refractivity contribution in [3.63, 3.8) is 0 Å². The van der Waals surface area contributed by atoms with E-state index in [1.807, 2.05) is 65.8 Å². The summed E-state index contributed by atoms with van der Waals surface area (Å²) in [6.45, 7) is 15.3. The summed E-state index contributed by atoms with van der Waals surface area (Å²) >= 11 is 0. The van der Waals surface area contributed by atoms with Gasteiger partial charge in [-0.2, -0.15) is 0 Å². The van der Waals surface area contributed by atoms with E-state index in [-0.39, 0.29) is 17.8 Å². The quantitative estimate of drug-likeness (QED) is 0.208. The number of aryl methyl sites for hydroxylation is 2. The highest BCUT2D eigenvalue weighted by molar-refractivity contribution is 5.86. The Morgan fingerprint density at radius 2 is 1.84 bits per heavy atom. The molecule has 0 aromatic heterocycles. The Morgan fingerprint density at radius 3 is 2.39 bits per heavy atom. The number of carbonyl (C=O) groups is 1. The van der Waals surface area contributed by atoms with Crippen LogP contribution in [0.3, 0.4) is 0 Å². The van der Waals surface area contributed by atoms with Crippen LogP contribution in [0.15, 0.2) is 67.0 Å². The average molecular weight is 522 g/mol. The van der Waals surface area contributed by atoms with Crippen LogP contribution in [0.2, 0.25) is 0 Å². The SMILES string of the molecule is C=C/C=C(F)\C=C/CNc1ccc(O[C@H](c2cc(C)c(OC)c(C)c2)C(C)NC(=O)C(C)(C)C)cc1C=N. The molecule has 6 nitrogen and oxygen atoms in total. The molecular weight excluding hydrogens is 481 g/mol. The predicted octanol–water partition coefficient (Wildman–Crippen LogP) is 6.99. The molecule has 2 aromatic carbocycles. The summed E-state index contributed by atoms with van der Waals surface area (Å²) in [6, 6.07) is 9.07. The summed E-state index contributed by atoms with van der Waals surface area (Å²) in [7, 11) is 1.65. The van der Waals surface area contributed by atoms with Crippen LogP contribution in [-0.4, -0.2) is 31.8 Å². The Labute approximate surface area is 226 Å². The lowest BCUT2D eigenvalue weighted by Crippen LogP contribution is -2.44. The minimum Gasteiger partial charge on any atom is -0.496 e. The fraction of sp³-hybridized carbons (Fsp3) is 0.355. The third-order valence-corrected chi connectivity index (χ3v) is 5.92. The molecule has 0 aliphatic heterocycles. The van der Waals surface area contributed by atoms with E-state index in [1.54, 1.807) is 19.3 Å². The molecule has 0 aliphatic rings. The number of halogens is 1. The van der Waals surface area contributed by atoms with Crippen LogP contribution in [0.4, 0.5) is 10.1 Å². The van der Waals surface area contributed by atoms with Crippen molar-refractivity contribution in [1.82, 2.24) is 5.32 Å². The summed E-state index contributed by atoms with van der Waals surface area (Å²) in [6.07, 6.45) is 6.40. The predicted molar refractivity (Wildman–Crippen MR) is 154 cm³/mol. The van der Waals surface area contributed by atoms with Gasteiger partial charge in [0.2, 0.25) is 5.91 Å². The molecule has 1 unspecified atom stereocenters. The number of carbonyl (C=O) groups excluding carboxylic acids is 1. The number of anilines is 1. The van der Waals surface area contributed by atoms with Crippen LogP contribution in [0.25, 0.3) is 0 Å². The van der Waals surface area contributed by atoms with Crippen molar-refractivity contribution in [2.75, 3.05) is 19.0 Å². The average Bonchev–Trinajstić information content (AvgIpc) is 2.84. The van der Waals surface area contributed by atoms with Gasteiger partial charge in [-0.25, -0.2) is 4.39 Å². The molecule has 0 bridgehead atoms. The molecule has 1 amide bonds. The number of hydrogen-bond donors (Lipinski definition) is 3. The molecule has 0 heterocycles. The number of amides is 1. The van der Waals surface area contributed by atoms with Gasteiger partial charge in [0.05, 0.1) is 13.2 Å². The van der Waals surface area contributed by atoms with Crippen LogP contribution in [0.5, 0.6) is 11.5 Å². The molecular formula is C31H40FN3O3. The molecule has 2 atom stereocenters. The van der Waals surface area contributed by atoms with Crippen LogP contribution < -0.4 is 20.1 Å². The first-order chi connectivity index (χ1) is 17.9. The lowest BCUT2D eigenvalue weighted by molar-refractivity contribution is -0.129. The molecule has 0 radical (unpaired) electrons. The van der Waals surface area contributed by atoms with Gasteiger partial charge < -0.3 is 25.5 Å². The van der Waals surface area contributed by atoms with E-state index in [1.165, 1.54) is 24.4 Å². The number of allylic oxidation sites excluding steroid dienone is 4. The first-order valence-corrected chi connectivity index (χ1v) is 12.6.